The highest BCUT2D eigenvalue weighted by Crippen LogP contribution is 2.29. The number of nitrogens with zero attached hydrogens (tertiary/aromatic N) is 1. The molecule has 2 nitrogen and oxygen atoms in total. The van der Waals surface area contributed by atoms with E-state index in [-0.39, 0.29) is 0 Å². The number of rotatable bonds is 1. The molecule has 1 aliphatic carbocycles. The lowest BCUT2D eigenvalue weighted by Gasteiger charge is -2.22. The molecule has 2 atom stereocenters. The van der Waals surface area contributed by atoms with Crippen molar-refractivity contribution < 1.29 is 4.39 Å². The molecule has 86 valence electrons. The van der Waals surface area contributed by atoms with E-state index in [4.69, 9.17) is 5.73 Å². The standard InChI is InChI=1S/C13H17FN2/c14-11-3-4-16(8-11)13-6-9-1-2-12(15)5-10(9)7-13/h1-2,5,11,13H,3-4,6-8,15H2. The van der Waals surface area contributed by atoms with E-state index in [1.54, 1.807) is 0 Å². The van der Waals surface area contributed by atoms with Crippen LogP contribution in [0.3, 0.4) is 0 Å². The van der Waals surface area contributed by atoms with Crippen molar-refractivity contribution in [3.63, 3.8) is 0 Å². The Bertz CT molecular complexity index is 405. The first-order valence-electron chi connectivity index (χ1n) is 5.98. The summed E-state index contributed by atoms with van der Waals surface area (Å²) >= 11 is 0. The summed E-state index contributed by atoms with van der Waals surface area (Å²) in [6.07, 6.45) is 2.18. The summed E-state index contributed by atoms with van der Waals surface area (Å²) in [6.45, 7) is 1.53. The number of fused-ring (bicyclic) bond motifs is 1. The molecule has 0 aromatic heterocycles. The summed E-state index contributed by atoms with van der Waals surface area (Å²) in [5.74, 6) is 0. The number of halogens is 1. The molecule has 1 saturated heterocycles. The third-order valence-corrected chi connectivity index (χ3v) is 3.82. The van der Waals surface area contributed by atoms with Gasteiger partial charge in [0.15, 0.2) is 0 Å². The zero-order valence-electron chi connectivity index (χ0n) is 9.32. The van der Waals surface area contributed by atoms with E-state index in [2.05, 4.69) is 17.0 Å². The number of anilines is 1. The van der Waals surface area contributed by atoms with Gasteiger partial charge in [-0.2, -0.15) is 0 Å². The van der Waals surface area contributed by atoms with Crippen LogP contribution in [0.15, 0.2) is 18.2 Å². The SMILES string of the molecule is Nc1ccc2c(c1)CC(N1CCC(F)C1)C2. The molecular formula is C13H17FN2. The Morgan fingerprint density at radius 3 is 2.81 bits per heavy atom. The van der Waals surface area contributed by atoms with E-state index < -0.39 is 6.17 Å². The molecule has 0 bridgehead atoms. The summed E-state index contributed by atoms with van der Waals surface area (Å²) in [4.78, 5) is 2.29. The van der Waals surface area contributed by atoms with Gasteiger partial charge < -0.3 is 5.73 Å². The van der Waals surface area contributed by atoms with Crippen LogP contribution in [0.5, 0.6) is 0 Å². The molecule has 3 rings (SSSR count). The summed E-state index contributed by atoms with van der Waals surface area (Å²) in [5.41, 5.74) is 9.36. The van der Waals surface area contributed by atoms with Crippen molar-refractivity contribution in [1.82, 2.24) is 4.90 Å². The van der Waals surface area contributed by atoms with Crippen molar-refractivity contribution in [2.24, 2.45) is 0 Å². The Labute approximate surface area is 95.2 Å². The maximum Gasteiger partial charge on any atom is 0.114 e. The van der Waals surface area contributed by atoms with Gasteiger partial charge in [-0.05, 0) is 42.5 Å². The second kappa shape index (κ2) is 3.74. The second-order valence-corrected chi connectivity index (χ2v) is 4.97. The lowest BCUT2D eigenvalue weighted by atomic mass is 10.1. The van der Waals surface area contributed by atoms with Crippen LogP contribution in [0.25, 0.3) is 0 Å². The van der Waals surface area contributed by atoms with Crippen LogP contribution in [-0.2, 0) is 12.8 Å². The molecule has 3 heteroatoms. The molecular weight excluding hydrogens is 203 g/mol. The Balaban J connectivity index is 1.75. The molecule has 0 spiro atoms. The smallest absolute Gasteiger partial charge is 0.114 e. The fourth-order valence-electron chi connectivity index (χ4n) is 2.95. The fourth-order valence-corrected chi connectivity index (χ4v) is 2.95. The number of likely N-dealkylation sites (tertiary alicyclic amines) is 1. The average molecular weight is 220 g/mol. The first-order valence-corrected chi connectivity index (χ1v) is 5.98. The van der Waals surface area contributed by atoms with Gasteiger partial charge in [0.1, 0.15) is 6.17 Å². The van der Waals surface area contributed by atoms with Crippen LogP contribution in [0, 0.1) is 0 Å². The molecule has 1 aromatic rings. The molecule has 2 aliphatic rings. The monoisotopic (exact) mass is 220 g/mol. The molecule has 0 radical (unpaired) electrons. The number of hydrogen-bond acceptors (Lipinski definition) is 2. The van der Waals surface area contributed by atoms with Gasteiger partial charge >= 0.3 is 0 Å². The summed E-state index contributed by atoms with van der Waals surface area (Å²) in [5, 5.41) is 0. The number of benzene rings is 1. The van der Waals surface area contributed by atoms with Crippen molar-refractivity contribution in [3.05, 3.63) is 29.3 Å². The molecule has 1 aromatic carbocycles. The van der Waals surface area contributed by atoms with E-state index in [1.165, 1.54) is 11.1 Å². The van der Waals surface area contributed by atoms with Crippen LogP contribution in [0.1, 0.15) is 17.5 Å². The fraction of sp³-hybridized carbons (Fsp3) is 0.538. The molecule has 1 heterocycles. The number of nitrogen functional groups attached to an aromatic ring is 1. The maximum atomic E-state index is 13.2. The predicted molar refractivity (Wildman–Crippen MR) is 63.1 cm³/mol. The van der Waals surface area contributed by atoms with Gasteiger partial charge in [-0.25, -0.2) is 4.39 Å². The van der Waals surface area contributed by atoms with Gasteiger partial charge in [-0.15, -0.1) is 0 Å². The zero-order chi connectivity index (χ0) is 11.1. The van der Waals surface area contributed by atoms with Gasteiger partial charge in [-0.3, -0.25) is 4.90 Å². The van der Waals surface area contributed by atoms with Crippen LogP contribution in [-0.4, -0.2) is 30.2 Å². The Kier molecular flexibility index (Phi) is 2.36. The van der Waals surface area contributed by atoms with E-state index in [0.717, 1.165) is 25.1 Å². The first-order chi connectivity index (χ1) is 7.72. The Hall–Kier alpha value is -1.09. The minimum atomic E-state index is -0.617. The van der Waals surface area contributed by atoms with Crippen molar-refractivity contribution in [3.8, 4) is 0 Å². The summed E-state index contributed by atoms with van der Waals surface area (Å²) in [6, 6.07) is 6.65. The minimum absolute atomic E-state index is 0.498. The van der Waals surface area contributed by atoms with Gasteiger partial charge in [0.2, 0.25) is 0 Å². The van der Waals surface area contributed by atoms with Crippen LogP contribution < -0.4 is 5.73 Å². The molecule has 1 aliphatic heterocycles. The highest BCUT2D eigenvalue weighted by Gasteiger charge is 2.32. The topological polar surface area (TPSA) is 29.3 Å². The molecule has 0 amide bonds. The predicted octanol–water partition coefficient (Wildman–Crippen LogP) is 1.78. The molecule has 1 fully saturated rings. The second-order valence-electron chi connectivity index (χ2n) is 4.97. The first kappa shape index (κ1) is 10.1. The lowest BCUT2D eigenvalue weighted by molar-refractivity contribution is 0.226. The van der Waals surface area contributed by atoms with Gasteiger partial charge in [0.05, 0.1) is 0 Å². The molecule has 2 unspecified atom stereocenters. The van der Waals surface area contributed by atoms with Gasteiger partial charge in [0.25, 0.3) is 0 Å². The van der Waals surface area contributed by atoms with Crippen molar-refractivity contribution in [2.75, 3.05) is 18.8 Å². The highest BCUT2D eigenvalue weighted by atomic mass is 19.1. The highest BCUT2D eigenvalue weighted by molar-refractivity contribution is 5.47. The maximum absolute atomic E-state index is 13.2. The summed E-state index contributed by atoms with van der Waals surface area (Å²) < 4.78 is 13.2. The third kappa shape index (κ3) is 1.69. The quantitative estimate of drug-likeness (QED) is 0.731. The van der Waals surface area contributed by atoms with Crippen LogP contribution in [0.4, 0.5) is 10.1 Å². The van der Waals surface area contributed by atoms with Gasteiger partial charge in [-0.1, -0.05) is 6.07 Å². The number of hydrogen-bond donors (Lipinski definition) is 1. The van der Waals surface area contributed by atoms with Gasteiger partial charge in [0, 0.05) is 24.8 Å². The zero-order valence-corrected chi connectivity index (χ0v) is 9.32. The van der Waals surface area contributed by atoms with Crippen LogP contribution in [0.2, 0.25) is 0 Å². The largest absolute Gasteiger partial charge is 0.399 e. The normalized spacial score (nSPS) is 29.6. The number of nitrogens with two attached hydrogens (primary N) is 1. The molecule has 2 N–H and O–H groups in total. The molecule has 16 heavy (non-hydrogen) atoms. The van der Waals surface area contributed by atoms with E-state index >= 15 is 0 Å². The van der Waals surface area contributed by atoms with Crippen molar-refractivity contribution >= 4 is 5.69 Å². The average Bonchev–Trinajstić information content (AvgIpc) is 2.83. The molecule has 0 saturated carbocycles. The third-order valence-electron chi connectivity index (χ3n) is 3.82. The lowest BCUT2D eigenvalue weighted by Crippen LogP contribution is -2.34. The minimum Gasteiger partial charge on any atom is -0.399 e. The Morgan fingerprint density at radius 2 is 2.06 bits per heavy atom. The van der Waals surface area contributed by atoms with E-state index in [0.29, 0.717) is 19.0 Å². The van der Waals surface area contributed by atoms with E-state index in [9.17, 15) is 4.39 Å². The Morgan fingerprint density at radius 1 is 1.25 bits per heavy atom. The summed E-state index contributed by atoms with van der Waals surface area (Å²) in [7, 11) is 0. The van der Waals surface area contributed by atoms with Crippen molar-refractivity contribution in [1.29, 1.82) is 0 Å². The van der Waals surface area contributed by atoms with Crippen molar-refractivity contribution in [2.45, 2.75) is 31.5 Å². The van der Waals surface area contributed by atoms with Crippen LogP contribution >= 0.6 is 0 Å². The van der Waals surface area contributed by atoms with E-state index in [1.807, 2.05) is 6.07 Å². The number of alkyl halides is 1.